The lowest BCUT2D eigenvalue weighted by molar-refractivity contribution is -0.139. The molecule has 2 aliphatic rings. The van der Waals surface area contributed by atoms with Crippen molar-refractivity contribution in [3.8, 4) is 5.75 Å². The molecule has 3 rings (SSSR count). The van der Waals surface area contributed by atoms with Crippen molar-refractivity contribution in [2.45, 2.75) is 51.2 Å². The highest BCUT2D eigenvalue weighted by molar-refractivity contribution is 5.95. The fourth-order valence-corrected chi connectivity index (χ4v) is 4.20. The van der Waals surface area contributed by atoms with E-state index in [4.69, 9.17) is 14.6 Å². The summed E-state index contributed by atoms with van der Waals surface area (Å²) in [4.78, 5) is 23.2. The van der Waals surface area contributed by atoms with Crippen LogP contribution in [0.5, 0.6) is 5.75 Å². The van der Waals surface area contributed by atoms with Gasteiger partial charge in [0.1, 0.15) is 5.75 Å². The van der Waals surface area contributed by atoms with Gasteiger partial charge in [-0.15, -0.1) is 0 Å². The third-order valence-corrected chi connectivity index (χ3v) is 5.45. The highest BCUT2D eigenvalue weighted by atomic mass is 16.5. The number of rotatable bonds is 7. The van der Waals surface area contributed by atoms with Crippen LogP contribution >= 0.6 is 0 Å². The van der Waals surface area contributed by atoms with E-state index in [1.165, 1.54) is 12.8 Å². The van der Waals surface area contributed by atoms with Crippen LogP contribution in [-0.4, -0.2) is 42.3 Å². The van der Waals surface area contributed by atoms with Crippen LogP contribution in [-0.2, 0) is 9.53 Å². The van der Waals surface area contributed by atoms with Crippen molar-refractivity contribution in [1.82, 2.24) is 5.32 Å². The van der Waals surface area contributed by atoms with E-state index < -0.39 is 12.6 Å². The van der Waals surface area contributed by atoms with Gasteiger partial charge < -0.3 is 19.9 Å². The first kappa shape index (κ1) is 17.7. The van der Waals surface area contributed by atoms with Gasteiger partial charge in [0.2, 0.25) is 0 Å². The van der Waals surface area contributed by atoms with Crippen molar-refractivity contribution in [3.63, 3.8) is 0 Å². The van der Waals surface area contributed by atoms with Crippen LogP contribution in [0.3, 0.4) is 0 Å². The summed E-state index contributed by atoms with van der Waals surface area (Å²) in [5.41, 5.74) is 0.569. The minimum Gasteiger partial charge on any atom is -0.482 e. The van der Waals surface area contributed by atoms with Crippen LogP contribution in [0.2, 0.25) is 0 Å². The first-order valence-corrected chi connectivity index (χ1v) is 8.92. The molecule has 1 spiro atoms. The molecule has 6 heteroatoms. The summed E-state index contributed by atoms with van der Waals surface area (Å²) in [5, 5.41) is 11.8. The van der Waals surface area contributed by atoms with Crippen molar-refractivity contribution in [2.75, 3.05) is 13.2 Å². The summed E-state index contributed by atoms with van der Waals surface area (Å²) in [6, 6.07) is 6.78. The Morgan fingerprint density at radius 3 is 2.76 bits per heavy atom. The van der Waals surface area contributed by atoms with Crippen molar-refractivity contribution in [2.24, 2.45) is 5.41 Å². The van der Waals surface area contributed by atoms with Crippen LogP contribution in [0.15, 0.2) is 24.3 Å². The molecule has 6 nitrogen and oxygen atoms in total. The van der Waals surface area contributed by atoms with Crippen LogP contribution < -0.4 is 10.1 Å². The van der Waals surface area contributed by atoms with E-state index in [-0.39, 0.29) is 23.5 Å². The Labute approximate surface area is 147 Å². The zero-order chi connectivity index (χ0) is 17.9. The molecular weight excluding hydrogens is 322 g/mol. The van der Waals surface area contributed by atoms with Gasteiger partial charge in [0.15, 0.2) is 6.61 Å². The lowest BCUT2D eigenvalue weighted by Crippen LogP contribution is -2.63. The van der Waals surface area contributed by atoms with E-state index in [2.05, 4.69) is 5.32 Å². The fraction of sp³-hybridized carbons (Fsp3) is 0.579. The molecule has 2 N–H and O–H groups in total. The maximum atomic E-state index is 12.6. The summed E-state index contributed by atoms with van der Waals surface area (Å²) < 4.78 is 11.0. The molecule has 136 valence electrons. The Kier molecular flexibility index (Phi) is 5.27. The Morgan fingerprint density at radius 1 is 1.32 bits per heavy atom. The number of nitrogens with one attached hydrogen (secondary N) is 1. The highest BCUT2D eigenvalue weighted by Gasteiger charge is 2.57. The van der Waals surface area contributed by atoms with Crippen LogP contribution in [0.25, 0.3) is 0 Å². The predicted molar refractivity (Wildman–Crippen MR) is 91.8 cm³/mol. The van der Waals surface area contributed by atoms with Gasteiger partial charge in [-0.25, -0.2) is 4.79 Å². The molecule has 0 bridgehead atoms. The van der Waals surface area contributed by atoms with Crippen molar-refractivity contribution in [1.29, 1.82) is 0 Å². The molecule has 1 aromatic rings. The van der Waals surface area contributed by atoms with E-state index in [0.29, 0.717) is 17.9 Å². The molecule has 25 heavy (non-hydrogen) atoms. The number of aliphatic carboxylic acids is 1. The Hall–Kier alpha value is -2.08. The molecule has 0 aliphatic heterocycles. The fourth-order valence-electron chi connectivity index (χ4n) is 4.20. The standard InChI is InChI=1S/C19H25NO5/c1-2-24-16-11-15(19(16)8-3-4-9-19)20-18(23)13-6-5-7-14(10-13)25-12-17(21)22/h5-7,10,15-16H,2-4,8-9,11-12H2,1H3,(H,20,23)(H,21,22). The van der Waals surface area contributed by atoms with Crippen molar-refractivity contribution < 1.29 is 24.2 Å². The first-order valence-electron chi connectivity index (χ1n) is 8.92. The van der Waals surface area contributed by atoms with E-state index in [1.807, 2.05) is 6.92 Å². The zero-order valence-electron chi connectivity index (χ0n) is 14.5. The zero-order valence-corrected chi connectivity index (χ0v) is 14.5. The molecule has 2 fully saturated rings. The highest BCUT2D eigenvalue weighted by Crippen LogP contribution is 2.54. The van der Waals surface area contributed by atoms with E-state index in [1.54, 1.807) is 24.3 Å². The van der Waals surface area contributed by atoms with Gasteiger partial charge in [0.25, 0.3) is 5.91 Å². The van der Waals surface area contributed by atoms with Gasteiger partial charge in [0, 0.05) is 23.6 Å². The van der Waals surface area contributed by atoms with Gasteiger partial charge in [-0.3, -0.25) is 4.79 Å². The number of carbonyl (C=O) groups is 2. The monoisotopic (exact) mass is 347 g/mol. The summed E-state index contributed by atoms with van der Waals surface area (Å²) >= 11 is 0. The van der Waals surface area contributed by atoms with E-state index >= 15 is 0 Å². The van der Waals surface area contributed by atoms with Crippen LogP contribution in [0, 0.1) is 5.41 Å². The van der Waals surface area contributed by atoms with Gasteiger partial charge in [-0.05, 0) is 44.4 Å². The topological polar surface area (TPSA) is 84.9 Å². The molecule has 1 aromatic carbocycles. The maximum absolute atomic E-state index is 12.6. The normalized spacial score (nSPS) is 23.9. The predicted octanol–water partition coefficient (Wildman–Crippen LogP) is 2.62. The largest absolute Gasteiger partial charge is 0.482 e. The Morgan fingerprint density at radius 2 is 2.08 bits per heavy atom. The van der Waals surface area contributed by atoms with Crippen molar-refractivity contribution in [3.05, 3.63) is 29.8 Å². The van der Waals surface area contributed by atoms with E-state index in [0.717, 1.165) is 19.3 Å². The Balaban J connectivity index is 1.64. The molecule has 0 aromatic heterocycles. The first-order chi connectivity index (χ1) is 12.0. The number of hydrogen-bond acceptors (Lipinski definition) is 4. The average Bonchev–Trinajstić information content (AvgIpc) is 3.12. The summed E-state index contributed by atoms with van der Waals surface area (Å²) in [6.45, 7) is 2.29. The van der Waals surface area contributed by atoms with Crippen LogP contribution in [0.4, 0.5) is 0 Å². The Bertz CT molecular complexity index is 638. The minimum atomic E-state index is -1.05. The summed E-state index contributed by atoms with van der Waals surface area (Å²) in [6.07, 6.45) is 5.68. The minimum absolute atomic E-state index is 0.0864. The molecule has 0 heterocycles. The second kappa shape index (κ2) is 7.44. The second-order valence-corrected chi connectivity index (χ2v) is 6.86. The third kappa shape index (κ3) is 3.63. The van der Waals surface area contributed by atoms with Gasteiger partial charge >= 0.3 is 5.97 Å². The lowest BCUT2D eigenvalue weighted by atomic mass is 9.60. The number of benzene rings is 1. The van der Waals surface area contributed by atoms with Gasteiger partial charge in [0.05, 0.1) is 6.10 Å². The summed E-state index contributed by atoms with van der Waals surface area (Å²) in [5.74, 6) is -0.812. The molecule has 1 amide bonds. The summed E-state index contributed by atoms with van der Waals surface area (Å²) in [7, 11) is 0. The number of carboxylic acid groups (broad SMARTS) is 1. The molecule has 0 saturated heterocycles. The second-order valence-electron chi connectivity index (χ2n) is 6.86. The number of carbonyl (C=O) groups excluding carboxylic acids is 1. The molecule has 2 saturated carbocycles. The van der Waals surface area contributed by atoms with Crippen LogP contribution in [0.1, 0.15) is 49.4 Å². The number of hydrogen-bond donors (Lipinski definition) is 2. The molecular formula is C19H25NO5. The van der Waals surface area contributed by atoms with Gasteiger partial charge in [-0.1, -0.05) is 18.9 Å². The van der Waals surface area contributed by atoms with E-state index in [9.17, 15) is 9.59 Å². The third-order valence-electron chi connectivity index (χ3n) is 5.45. The maximum Gasteiger partial charge on any atom is 0.341 e. The lowest BCUT2D eigenvalue weighted by Gasteiger charge is -2.54. The van der Waals surface area contributed by atoms with Gasteiger partial charge in [-0.2, -0.15) is 0 Å². The number of amides is 1. The molecule has 2 aliphatic carbocycles. The molecule has 2 unspecified atom stereocenters. The molecule has 0 radical (unpaired) electrons. The number of ether oxygens (including phenoxy) is 2. The smallest absolute Gasteiger partial charge is 0.341 e. The average molecular weight is 347 g/mol. The molecule has 2 atom stereocenters. The quantitative estimate of drug-likeness (QED) is 0.792. The van der Waals surface area contributed by atoms with Crippen molar-refractivity contribution >= 4 is 11.9 Å². The number of carboxylic acids is 1. The SMILES string of the molecule is CCOC1CC(NC(=O)c2cccc(OCC(=O)O)c2)C12CCCC2.